The maximum Gasteiger partial charge on any atom is 0.328 e. The van der Waals surface area contributed by atoms with E-state index >= 15 is 0 Å². The molecule has 0 fully saturated rings. The molecule has 4 heteroatoms. The Hall–Kier alpha value is -0.870. The largest absolute Gasteiger partial charge is 0.478 e. The number of carboxylic acid groups (broad SMARTS) is 1. The standard InChI is InChI=1S/C8H14O4/c1-2-6(9)5-7(10)3-4-8(11)12/h3-4,6-7,9-10H,2,5H2,1H3,(H,11,12). The number of aliphatic carboxylic acids is 1. The Morgan fingerprint density at radius 3 is 2.50 bits per heavy atom. The molecule has 0 heterocycles. The molecule has 0 rings (SSSR count). The first-order chi connectivity index (χ1) is 5.56. The summed E-state index contributed by atoms with van der Waals surface area (Å²) in [6, 6.07) is 0. The van der Waals surface area contributed by atoms with Crippen molar-refractivity contribution in [3.05, 3.63) is 12.2 Å². The van der Waals surface area contributed by atoms with Crippen LogP contribution in [0, 0.1) is 0 Å². The molecule has 0 aliphatic heterocycles. The molecule has 3 N–H and O–H groups in total. The fourth-order valence-corrected chi connectivity index (χ4v) is 0.717. The van der Waals surface area contributed by atoms with Gasteiger partial charge in [-0.25, -0.2) is 4.79 Å². The predicted octanol–water partition coefficient (Wildman–Crippen LogP) is 0.149. The van der Waals surface area contributed by atoms with Crippen LogP contribution in [0.3, 0.4) is 0 Å². The number of aliphatic hydroxyl groups is 2. The summed E-state index contributed by atoms with van der Waals surface area (Å²) in [4.78, 5) is 10.00. The number of aliphatic hydroxyl groups excluding tert-OH is 2. The minimum Gasteiger partial charge on any atom is -0.478 e. The number of rotatable bonds is 5. The van der Waals surface area contributed by atoms with E-state index < -0.39 is 18.2 Å². The molecule has 0 spiro atoms. The first kappa shape index (κ1) is 11.1. The van der Waals surface area contributed by atoms with Gasteiger partial charge in [-0.15, -0.1) is 0 Å². The SMILES string of the molecule is CCC(O)CC(O)C=CC(=O)O. The second-order valence-corrected chi connectivity index (χ2v) is 2.56. The van der Waals surface area contributed by atoms with Crippen molar-refractivity contribution in [2.45, 2.75) is 32.0 Å². The third-order valence-corrected chi connectivity index (χ3v) is 1.45. The van der Waals surface area contributed by atoms with Crippen LogP contribution in [-0.2, 0) is 4.79 Å². The Morgan fingerprint density at radius 1 is 1.50 bits per heavy atom. The molecule has 70 valence electrons. The van der Waals surface area contributed by atoms with Crippen molar-refractivity contribution >= 4 is 5.97 Å². The van der Waals surface area contributed by atoms with Crippen molar-refractivity contribution < 1.29 is 20.1 Å². The van der Waals surface area contributed by atoms with Gasteiger partial charge in [-0.3, -0.25) is 0 Å². The monoisotopic (exact) mass is 174 g/mol. The van der Waals surface area contributed by atoms with Gasteiger partial charge in [0, 0.05) is 12.5 Å². The van der Waals surface area contributed by atoms with Crippen molar-refractivity contribution in [3.63, 3.8) is 0 Å². The summed E-state index contributed by atoms with van der Waals surface area (Å²) in [6.45, 7) is 1.79. The fourth-order valence-electron chi connectivity index (χ4n) is 0.717. The van der Waals surface area contributed by atoms with E-state index in [1.165, 1.54) is 0 Å². The number of hydrogen-bond acceptors (Lipinski definition) is 3. The van der Waals surface area contributed by atoms with Gasteiger partial charge in [-0.1, -0.05) is 6.92 Å². The number of hydrogen-bond donors (Lipinski definition) is 3. The molecule has 0 aliphatic carbocycles. The van der Waals surface area contributed by atoms with Crippen LogP contribution in [0.15, 0.2) is 12.2 Å². The average molecular weight is 174 g/mol. The second-order valence-electron chi connectivity index (χ2n) is 2.56. The molecular weight excluding hydrogens is 160 g/mol. The van der Waals surface area contributed by atoms with Crippen molar-refractivity contribution in [3.8, 4) is 0 Å². The van der Waals surface area contributed by atoms with Gasteiger partial charge in [-0.05, 0) is 12.5 Å². The van der Waals surface area contributed by atoms with Crippen LogP contribution in [0.2, 0.25) is 0 Å². The van der Waals surface area contributed by atoms with Crippen LogP contribution < -0.4 is 0 Å². The number of carboxylic acids is 1. The molecule has 0 aromatic heterocycles. The third kappa shape index (κ3) is 5.88. The summed E-state index contributed by atoms with van der Waals surface area (Å²) in [5.74, 6) is -1.10. The topological polar surface area (TPSA) is 77.8 Å². The minimum absolute atomic E-state index is 0.181. The average Bonchev–Trinajstić information content (AvgIpc) is 2.00. The Bertz CT molecular complexity index is 164. The van der Waals surface area contributed by atoms with Crippen LogP contribution in [0.5, 0.6) is 0 Å². The van der Waals surface area contributed by atoms with Gasteiger partial charge in [-0.2, -0.15) is 0 Å². The molecule has 0 aliphatic rings. The molecule has 2 unspecified atom stereocenters. The van der Waals surface area contributed by atoms with Crippen LogP contribution in [0.4, 0.5) is 0 Å². The van der Waals surface area contributed by atoms with E-state index in [4.69, 9.17) is 15.3 Å². The van der Waals surface area contributed by atoms with E-state index in [0.29, 0.717) is 6.42 Å². The van der Waals surface area contributed by atoms with Crippen LogP contribution in [-0.4, -0.2) is 33.5 Å². The quantitative estimate of drug-likeness (QED) is 0.518. The van der Waals surface area contributed by atoms with E-state index in [1.807, 2.05) is 0 Å². The molecule has 4 nitrogen and oxygen atoms in total. The van der Waals surface area contributed by atoms with Crippen molar-refractivity contribution in [1.82, 2.24) is 0 Å². The lowest BCUT2D eigenvalue weighted by molar-refractivity contribution is -0.131. The molecule has 0 amide bonds. The van der Waals surface area contributed by atoms with Gasteiger partial charge in [0.2, 0.25) is 0 Å². The van der Waals surface area contributed by atoms with Crippen molar-refractivity contribution in [1.29, 1.82) is 0 Å². The van der Waals surface area contributed by atoms with Gasteiger partial charge in [0.1, 0.15) is 0 Å². The maximum absolute atomic E-state index is 10.00. The summed E-state index contributed by atoms with van der Waals surface area (Å²) >= 11 is 0. The van der Waals surface area contributed by atoms with Gasteiger partial charge in [0.15, 0.2) is 0 Å². The normalized spacial score (nSPS) is 16.2. The Balaban J connectivity index is 3.72. The molecule has 0 saturated carbocycles. The highest BCUT2D eigenvalue weighted by Crippen LogP contribution is 2.02. The first-order valence-electron chi connectivity index (χ1n) is 3.83. The summed E-state index contributed by atoms with van der Waals surface area (Å²) in [6.07, 6.45) is 1.31. The van der Waals surface area contributed by atoms with Gasteiger partial charge in [0.25, 0.3) is 0 Å². The van der Waals surface area contributed by atoms with E-state index in [2.05, 4.69) is 0 Å². The zero-order chi connectivity index (χ0) is 9.56. The summed E-state index contributed by atoms with van der Waals surface area (Å²) < 4.78 is 0. The maximum atomic E-state index is 10.00. The summed E-state index contributed by atoms with van der Waals surface area (Å²) in [7, 11) is 0. The van der Waals surface area contributed by atoms with Crippen LogP contribution in [0.25, 0.3) is 0 Å². The van der Waals surface area contributed by atoms with Crippen molar-refractivity contribution in [2.75, 3.05) is 0 Å². The molecule has 0 aromatic carbocycles. The van der Waals surface area contributed by atoms with Crippen molar-refractivity contribution in [2.24, 2.45) is 0 Å². The minimum atomic E-state index is -1.10. The highest BCUT2D eigenvalue weighted by Gasteiger charge is 2.06. The Labute approximate surface area is 71.1 Å². The zero-order valence-electron chi connectivity index (χ0n) is 6.97. The van der Waals surface area contributed by atoms with E-state index in [-0.39, 0.29) is 6.42 Å². The molecule has 0 saturated heterocycles. The summed E-state index contributed by atoms with van der Waals surface area (Å²) in [5.41, 5.74) is 0. The lowest BCUT2D eigenvalue weighted by Crippen LogP contribution is -2.14. The van der Waals surface area contributed by atoms with Crippen LogP contribution >= 0.6 is 0 Å². The highest BCUT2D eigenvalue weighted by molar-refractivity contribution is 5.79. The smallest absolute Gasteiger partial charge is 0.328 e. The Morgan fingerprint density at radius 2 is 2.08 bits per heavy atom. The van der Waals surface area contributed by atoms with Gasteiger partial charge in [0.05, 0.1) is 12.2 Å². The van der Waals surface area contributed by atoms with E-state index in [9.17, 15) is 4.79 Å². The molecule has 2 atom stereocenters. The van der Waals surface area contributed by atoms with E-state index in [0.717, 1.165) is 12.2 Å². The first-order valence-corrected chi connectivity index (χ1v) is 3.83. The highest BCUT2D eigenvalue weighted by atomic mass is 16.4. The van der Waals surface area contributed by atoms with Crippen LogP contribution in [0.1, 0.15) is 19.8 Å². The predicted molar refractivity (Wildman–Crippen MR) is 43.7 cm³/mol. The lowest BCUT2D eigenvalue weighted by atomic mass is 10.1. The second kappa shape index (κ2) is 5.74. The fraction of sp³-hybridized carbons (Fsp3) is 0.625. The zero-order valence-corrected chi connectivity index (χ0v) is 6.97. The number of carbonyl (C=O) groups is 1. The summed E-state index contributed by atoms with van der Waals surface area (Å²) in [5, 5.41) is 26.3. The lowest BCUT2D eigenvalue weighted by Gasteiger charge is -2.09. The molecule has 0 radical (unpaired) electrons. The molecule has 0 bridgehead atoms. The third-order valence-electron chi connectivity index (χ3n) is 1.45. The van der Waals surface area contributed by atoms with E-state index in [1.54, 1.807) is 6.92 Å². The molecular formula is C8H14O4. The molecule has 12 heavy (non-hydrogen) atoms. The Kier molecular flexibility index (Phi) is 5.32. The van der Waals surface area contributed by atoms with Gasteiger partial charge < -0.3 is 15.3 Å². The molecule has 0 aromatic rings. The van der Waals surface area contributed by atoms with Gasteiger partial charge >= 0.3 is 5.97 Å².